The highest BCUT2D eigenvalue weighted by Crippen LogP contribution is 2.35. The van der Waals surface area contributed by atoms with E-state index in [2.05, 4.69) is 83.1 Å². The molecule has 0 aliphatic heterocycles. The van der Waals surface area contributed by atoms with Crippen molar-refractivity contribution in [3.63, 3.8) is 0 Å². The van der Waals surface area contributed by atoms with Crippen molar-refractivity contribution in [2.45, 2.75) is 121 Å². The van der Waals surface area contributed by atoms with Crippen LogP contribution in [0.5, 0.6) is 0 Å². The third-order valence-corrected chi connectivity index (χ3v) is 5.09. The van der Waals surface area contributed by atoms with Crippen LogP contribution in [0.2, 0.25) is 19.0 Å². The van der Waals surface area contributed by atoms with Crippen LogP contribution in [0, 0.1) is 34.0 Å². The van der Waals surface area contributed by atoms with Crippen molar-refractivity contribution >= 4 is 6.71 Å². The zero-order valence-corrected chi connectivity index (χ0v) is 20.1. The molecular formula is C24H51B. The first-order chi connectivity index (χ1) is 11.0. The van der Waals surface area contributed by atoms with Gasteiger partial charge in [0.2, 0.25) is 0 Å². The molecule has 0 spiro atoms. The second-order valence-electron chi connectivity index (χ2n) is 13.2. The molecule has 0 heterocycles. The lowest BCUT2D eigenvalue weighted by molar-refractivity contribution is 0.308. The van der Waals surface area contributed by atoms with Crippen LogP contribution >= 0.6 is 0 Å². The normalized spacial score (nSPS) is 17.3. The Bertz CT molecular complexity index is 293. The number of hydrogen-bond acceptors (Lipinski definition) is 0. The van der Waals surface area contributed by atoms with Crippen LogP contribution in [-0.4, -0.2) is 6.71 Å². The van der Waals surface area contributed by atoms with Crippen LogP contribution in [-0.2, 0) is 0 Å². The Morgan fingerprint density at radius 3 is 0.840 bits per heavy atom. The minimum absolute atomic E-state index is 0.456. The molecule has 0 aromatic heterocycles. The number of hydrogen-bond donors (Lipinski definition) is 0. The smallest absolute Gasteiger partial charge is 0.0715 e. The van der Waals surface area contributed by atoms with E-state index in [-0.39, 0.29) is 0 Å². The molecule has 0 aromatic rings. The third kappa shape index (κ3) is 16.0. The van der Waals surface area contributed by atoms with E-state index in [1.165, 1.54) is 38.2 Å². The van der Waals surface area contributed by atoms with Crippen molar-refractivity contribution in [1.82, 2.24) is 0 Å². The van der Waals surface area contributed by atoms with E-state index in [1.54, 1.807) is 0 Å². The Morgan fingerprint density at radius 2 is 0.680 bits per heavy atom. The highest BCUT2D eigenvalue weighted by atomic mass is 14.2. The van der Waals surface area contributed by atoms with E-state index in [0.29, 0.717) is 16.2 Å². The van der Waals surface area contributed by atoms with Gasteiger partial charge in [0.15, 0.2) is 0 Å². The fraction of sp³-hybridized carbons (Fsp3) is 1.00. The van der Waals surface area contributed by atoms with Crippen LogP contribution in [0.3, 0.4) is 0 Å². The first-order valence-electron chi connectivity index (χ1n) is 11.0. The Labute approximate surface area is 162 Å². The predicted octanol–water partition coefficient (Wildman–Crippen LogP) is 8.70. The Balaban J connectivity index is 4.86. The quantitative estimate of drug-likeness (QED) is 0.365. The Hall–Kier alpha value is 0.0649. The van der Waals surface area contributed by atoms with Crippen molar-refractivity contribution in [2.75, 3.05) is 0 Å². The maximum atomic E-state index is 2.49. The molecule has 0 N–H and O–H groups in total. The maximum Gasteiger partial charge on any atom is 0.140 e. The Kier molecular flexibility index (Phi) is 9.87. The second-order valence-corrected chi connectivity index (χ2v) is 13.2. The first kappa shape index (κ1) is 25.1. The molecule has 0 aliphatic carbocycles. The lowest BCUT2D eigenvalue weighted by Gasteiger charge is -2.31. The molecule has 0 saturated carbocycles. The van der Waals surface area contributed by atoms with Crippen LogP contribution < -0.4 is 0 Å². The van der Waals surface area contributed by atoms with Gasteiger partial charge in [-0.05, 0) is 35.5 Å². The minimum Gasteiger partial charge on any atom is -0.0715 e. The third-order valence-electron chi connectivity index (χ3n) is 5.09. The molecule has 25 heavy (non-hydrogen) atoms. The van der Waals surface area contributed by atoms with Gasteiger partial charge in [0.1, 0.15) is 6.71 Å². The van der Waals surface area contributed by atoms with Crippen molar-refractivity contribution < 1.29 is 0 Å². The average Bonchev–Trinajstić information content (AvgIpc) is 2.18. The first-order valence-corrected chi connectivity index (χ1v) is 11.0. The summed E-state index contributed by atoms with van der Waals surface area (Å²) in [4.78, 5) is 0. The van der Waals surface area contributed by atoms with Gasteiger partial charge in [-0.25, -0.2) is 0 Å². The predicted molar refractivity (Wildman–Crippen MR) is 120 cm³/mol. The van der Waals surface area contributed by atoms with Gasteiger partial charge in [-0.15, -0.1) is 0 Å². The lowest BCUT2D eigenvalue weighted by Crippen LogP contribution is -2.26. The van der Waals surface area contributed by atoms with Crippen LogP contribution in [0.1, 0.15) is 102 Å². The van der Waals surface area contributed by atoms with Gasteiger partial charge in [-0.3, -0.25) is 0 Å². The van der Waals surface area contributed by atoms with Gasteiger partial charge < -0.3 is 0 Å². The van der Waals surface area contributed by atoms with Crippen molar-refractivity contribution in [3.05, 3.63) is 0 Å². The van der Waals surface area contributed by atoms with E-state index in [9.17, 15) is 0 Å². The molecule has 150 valence electrons. The zero-order chi connectivity index (χ0) is 20.1. The summed E-state index contributed by atoms with van der Waals surface area (Å²) in [5, 5.41) is 0. The lowest BCUT2D eigenvalue weighted by atomic mass is 9.37. The molecule has 1 heteroatoms. The van der Waals surface area contributed by atoms with Gasteiger partial charge in [-0.1, -0.05) is 120 Å². The summed E-state index contributed by atoms with van der Waals surface area (Å²) in [7, 11) is 0. The summed E-state index contributed by atoms with van der Waals surface area (Å²) < 4.78 is 0. The van der Waals surface area contributed by atoms with Gasteiger partial charge in [0.05, 0.1) is 0 Å². The van der Waals surface area contributed by atoms with Crippen LogP contribution in [0.4, 0.5) is 0 Å². The number of rotatable bonds is 9. The molecule has 0 nitrogen and oxygen atoms in total. The highest BCUT2D eigenvalue weighted by molar-refractivity contribution is 6.59. The summed E-state index contributed by atoms with van der Waals surface area (Å²) in [5.41, 5.74) is 1.37. The SMILES string of the molecule is CC(CB(CC(C)CC(C)(C)C)CC(C)CC(C)(C)C)CC(C)(C)C. The summed E-state index contributed by atoms with van der Waals surface area (Å²) in [5.74, 6) is 2.52. The molecule has 0 saturated heterocycles. The highest BCUT2D eigenvalue weighted by Gasteiger charge is 2.27. The molecule has 0 aliphatic rings. The summed E-state index contributed by atoms with van der Waals surface area (Å²) in [6.45, 7) is 29.9. The van der Waals surface area contributed by atoms with Crippen LogP contribution in [0.25, 0.3) is 0 Å². The zero-order valence-electron chi connectivity index (χ0n) is 20.1. The fourth-order valence-corrected chi connectivity index (χ4v) is 5.38. The summed E-state index contributed by atoms with van der Waals surface area (Å²) in [6.07, 6.45) is 8.31. The molecular weight excluding hydrogens is 299 g/mol. The molecule has 0 radical (unpaired) electrons. The van der Waals surface area contributed by atoms with Gasteiger partial charge in [0, 0.05) is 0 Å². The van der Waals surface area contributed by atoms with E-state index in [4.69, 9.17) is 0 Å². The van der Waals surface area contributed by atoms with Crippen molar-refractivity contribution in [2.24, 2.45) is 34.0 Å². The standard InChI is InChI=1S/C24H51B/c1-19(13-22(4,5)6)16-25(17-20(2)14-23(7,8)9)18-21(3)15-24(10,11)12/h19-21H,13-18H2,1-12H3. The average molecular weight is 350 g/mol. The van der Waals surface area contributed by atoms with E-state index < -0.39 is 0 Å². The molecule has 0 bridgehead atoms. The molecule has 3 unspecified atom stereocenters. The summed E-state index contributed by atoms with van der Waals surface area (Å²) >= 11 is 0. The molecule has 0 aromatic carbocycles. The topological polar surface area (TPSA) is 0 Å². The van der Waals surface area contributed by atoms with Crippen molar-refractivity contribution in [1.29, 1.82) is 0 Å². The molecule has 0 fully saturated rings. The van der Waals surface area contributed by atoms with Gasteiger partial charge >= 0.3 is 0 Å². The second kappa shape index (κ2) is 9.84. The van der Waals surface area contributed by atoms with E-state index >= 15 is 0 Å². The fourth-order valence-electron chi connectivity index (χ4n) is 5.38. The van der Waals surface area contributed by atoms with E-state index in [0.717, 1.165) is 24.5 Å². The molecule has 3 atom stereocenters. The maximum absolute atomic E-state index is 2.49. The Morgan fingerprint density at radius 1 is 0.480 bits per heavy atom. The van der Waals surface area contributed by atoms with Gasteiger partial charge in [-0.2, -0.15) is 0 Å². The van der Waals surface area contributed by atoms with Gasteiger partial charge in [0.25, 0.3) is 0 Å². The van der Waals surface area contributed by atoms with Crippen LogP contribution in [0.15, 0.2) is 0 Å². The van der Waals surface area contributed by atoms with Crippen molar-refractivity contribution in [3.8, 4) is 0 Å². The minimum atomic E-state index is 0.456. The monoisotopic (exact) mass is 350 g/mol. The molecule has 0 amide bonds. The molecule has 0 rings (SSSR count). The summed E-state index contributed by atoms with van der Waals surface area (Å²) in [6, 6.07) is 0. The largest absolute Gasteiger partial charge is 0.140 e. The van der Waals surface area contributed by atoms with E-state index in [1.807, 2.05) is 0 Å².